The first-order chi connectivity index (χ1) is 12.1. The van der Waals surface area contributed by atoms with Crippen molar-refractivity contribution < 1.29 is 18.4 Å². The van der Waals surface area contributed by atoms with E-state index in [1.165, 1.54) is 6.26 Å². The van der Waals surface area contributed by atoms with Crippen LogP contribution in [0.3, 0.4) is 0 Å². The number of furan rings is 2. The van der Waals surface area contributed by atoms with E-state index in [9.17, 15) is 9.59 Å². The highest BCUT2D eigenvalue weighted by Gasteiger charge is 2.14. The molecular formula is C18H19N3O4. The average molecular weight is 341 g/mol. The molecule has 0 unspecified atom stereocenters. The van der Waals surface area contributed by atoms with Gasteiger partial charge in [0.05, 0.1) is 12.3 Å². The number of urea groups is 1. The van der Waals surface area contributed by atoms with Crippen LogP contribution in [0.4, 0.5) is 4.79 Å². The zero-order valence-electron chi connectivity index (χ0n) is 13.7. The second kappa shape index (κ2) is 7.57. The zero-order valence-corrected chi connectivity index (χ0v) is 13.7. The quantitative estimate of drug-likeness (QED) is 0.601. The van der Waals surface area contributed by atoms with Crippen molar-refractivity contribution in [2.24, 2.45) is 0 Å². The fourth-order valence-corrected chi connectivity index (χ4v) is 2.38. The van der Waals surface area contributed by atoms with E-state index in [1.807, 2.05) is 37.3 Å². The van der Waals surface area contributed by atoms with Gasteiger partial charge in [-0.25, -0.2) is 4.79 Å². The minimum absolute atomic E-state index is 0.239. The van der Waals surface area contributed by atoms with E-state index in [2.05, 4.69) is 16.0 Å². The van der Waals surface area contributed by atoms with Gasteiger partial charge in [0.1, 0.15) is 11.3 Å². The summed E-state index contributed by atoms with van der Waals surface area (Å²) in [4.78, 5) is 23.6. The summed E-state index contributed by atoms with van der Waals surface area (Å²) in [7, 11) is 0. The average Bonchev–Trinajstić information content (AvgIpc) is 3.27. The van der Waals surface area contributed by atoms with Gasteiger partial charge in [-0.3, -0.25) is 4.79 Å². The van der Waals surface area contributed by atoms with Gasteiger partial charge in [0, 0.05) is 18.5 Å². The van der Waals surface area contributed by atoms with Crippen molar-refractivity contribution in [2.75, 3.05) is 13.1 Å². The Balaban J connectivity index is 1.42. The number of carbonyl (C=O) groups is 2. The van der Waals surface area contributed by atoms with E-state index in [0.29, 0.717) is 18.8 Å². The Morgan fingerprint density at radius 2 is 1.88 bits per heavy atom. The first-order valence-corrected chi connectivity index (χ1v) is 7.98. The molecule has 25 heavy (non-hydrogen) atoms. The van der Waals surface area contributed by atoms with Crippen LogP contribution >= 0.6 is 0 Å². The third kappa shape index (κ3) is 4.20. The van der Waals surface area contributed by atoms with Gasteiger partial charge in [-0.05, 0) is 31.2 Å². The molecule has 2 heterocycles. The van der Waals surface area contributed by atoms with Gasteiger partial charge in [0.2, 0.25) is 0 Å². The highest BCUT2D eigenvalue weighted by Crippen LogP contribution is 2.23. The van der Waals surface area contributed by atoms with E-state index in [-0.39, 0.29) is 23.7 Å². The third-order valence-electron chi connectivity index (χ3n) is 3.66. The van der Waals surface area contributed by atoms with Gasteiger partial charge in [0.15, 0.2) is 5.76 Å². The van der Waals surface area contributed by atoms with E-state index in [1.54, 1.807) is 12.1 Å². The number of fused-ring (bicyclic) bond motifs is 1. The summed E-state index contributed by atoms with van der Waals surface area (Å²) in [5, 5.41) is 9.12. The van der Waals surface area contributed by atoms with Crippen LogP contribution in [-0.2, 0) is 0 Å². The second-order valence-electron chi connectivity index (χ2n) is 5.54. The van der Waals surface area contributed by atoms with Crippen molar-refractivity contribution in [2.45, 2.75) is 13.0 Å². The number of nitrogens with one attached hydrogen (secondary N) is 3. The van der Waals surface area contributed by atoms with E-state index < -0.39 is 0 Å². The third-order valence-corrected chi connectivity index (χ3v) is 3.66. The van der Waals surface area contributed by atoms with Gasteiger partial charge in [0.25, 0.3) is 5.91 Å². The van der Waals surface area contributed by atoms with E-state index >= 15 is 0 Å². The van der Waals surface area contributed by atoms with Crippen LogP contribution in [0.25, 0.3) is 11.0 Å². The summed E-state index contributed by atoms with van der Waals surface area (Å²) in [5.41, 5.74) is 0.784. The maximum Gasteiger partial charge on any atom is 0.315 e. The van der Waals surface area contributed by atoms with Gasteiger partial charge < -0.3 is 24.8 Å². The summed E-state index contributed by atoms with van der Waals surface area (Å²) in [5.74, 6) is 0.605. The van der Waals surface area contributed by atoms with Crippen LogP contribution in [0.2, 0.25) is 0 Å². The van der Waals surface area contributed by atoms with Crippen LogP contribution in [0.5, 0.6) is 0 Å². The van der Waals surface area contributed by atoms with Crippen molar-refractivity contribution in [3.63, 3.8) is 0 Å². The maximum absolute atomic E-state index is 11.9. The van der Waals surface area contributed by atoms with Crippen LogP contribution in [0, 0.1) is 0 Å². The molecule has 3 amide bonds. The lowest BCUT2D eigenvalue weighted by molar-refractivity contribution is 0.0926. The van der Waals surface area contributed by atoms with Crippen molar-refractivity contribution in [3.8, 4) is 0 Å². The largest absolute Gasteiger partial charge is 0.459 e. The van der Waals surface area contributed by atoms with Crippen LogP contribution in [-0.4, -0.2) is 25.0 Å². The Morgan fingerprint density at radius 3 is 2.64 bits per heavy atom. The minimum atomic E-state index is -0.333. The molecule has 0 aliphatic heterocycles. The second-order valence-corrected chi connectivity index (χ2v) is 5.54. The molecule has 0 radical (unpaired) electrons. The molecule has 0 aliphatic carbocycles. The molecule has 3 rings (SSSR count). The van der Waals surface area contributed by atoms with E-state index in [0.717, 1.165) is 11.0 Å². The minimum Gasteiger partial charge on any atom is -0.459 e. The van der Waals surface area contributed by atoms with Gasteiger partial charge in [-0.15, -0.1) is 0 Å². The molecule has 7 nitrogen and oxygen atoms in total. The molecule has 2 aromatic heterocycles. The van der Waals surface area contributed by atoms with Gasteiger partial charge in [-0.1, -0.05) is 18.2 Å². The molecule has 0 spiro atoms. The summed E-state index contributed by atoms with van der Waals surface area (Å²) in [6.45, 7) is 2.44. The number of carbonyl (C=O) groups excluding carboxylic acids is 2. The van der Waals surface area contributed by atoms with Crippen LogP contribution in [0.15, 0.2) is 57.6 Å². The van der Waals surface area contributed by atoms with E-state index in [4.69, 9.17) is 8.83 Å². The lowest BCUT2D eigenvalue weighted by Gasteiger charge is -2.12. The monoisotopic (exact) mass is 341 g/mol. The number of hydrogen-bond donors (Lipinski definition) is 3. The first kappa shape index (κ1) is 16.6. The van der Waals surface area contributed by atoms with Gasteiger partial charge >= 0.3 is 6.03 Å². The Hall–Kier alpha value is -3.22. The summed E-state index contributed by atoms with van der Waals surface area (Å²) < 4.78 is 10.7. The fourth-order valence-electron chi connectivity index (χ4n) is 2.38. The molecule has 7 heteroatoms. The number of amides is 3. The fraction of sp³-hybridized carbons (Fsp3) is 0.222. The molecule has 0 bridgehead atoms. The summed E-state index contributed by atoms with van der Waals surface area (Å²) in [6, 6.07) is 12.2. The Labute approximate surface area is 144 Å². The van der Waals surface area contributed by atoms with Crippen molar-refractivity contribution >= 4 is 22.9 Å². The topological polar surface area (TPSA) is 96.5 Å². The molecule has 3 N–H and O–H groups in total. The van der Waals surface area contributed by atoms with Crippen molar-refractivity contribution in [3.05, 3.63) is 60.2 Å². The molecule has 0 fully saturated rings. The molecule has 130 valence electrons. The lowest BCUT2D eigenvalue weighted by Crippen LogP contribution is -2.41. The Bertz CT molecular complexity index is 821. The number of rotatable bonds is 6. The molecule has 3 aromatic rings. The number of benzene rings is 1. The van der Waals surface area contributed by atoms with Crippen LogP contribution in [0.1, 0.15) is 29.3 Å². The predicted octanol–water partition coefficient (Wildman–Crippen LogP) is 2.82. The van der Waals surface area contributed by atoms with Crippen LogP contribution < -0.4 is 16.0 Å². The maximum atomic E-state index is 11.9. The van der Waals surface area contributed by atoms with Crippen molar-refractivity contribution in [1.82, 2.24) is 16.0 Å². The molecule has 1 aromatic carbocycles. The van der Waals surface area contributed by atoms with Gasteiger partial charge in [-0.2, -0.15) is 0 Å². The molecule has 0 saturated heterocycles. The molecule has 0 aliphatic rings. The molecular weight excluding hydrogens is 322 g/mol. The van der Waals surface area contributed by atoms with Crippen molar-refractivity contribution in [1.29, 1.82) is 0 Å². The SMILES string of the molecule is C[C@H](NC(=O)NCCNC(=O)c1ccco1)c1cc2ccccc2o1. The Kier molecular flexibility index (Phi) is 5.03. The summed E-state index contributed by atoms with van der Waals surface area (Å²) >= 11 is 0. The lowest BCUT2D eigenvalue weighted by atomic mass is 10.2. The Morgan fingerprint density at radius 1 is 1.08 bits per heavy atom. The molecule has 0 saturated carbocycles. The first-order valence-electron chi connectivity index (χ1n) is 7.98. The summed E-state index contributed by atoms with van der Waals surface area (Å²) in [6.07, 6.45) is 1.43. The normalized spacial score (nSPS) is 11.9. The number of hydrogen-bond acceptors (Lipinski definition) is 4. The highest BCUT2D eigenvalue weighted by atomic mass is 16.3. The number of para-hydroxylation sites is 1. The smallest absolute Gasteiger partial charge is 0.315 e. The zero-order chi connectivity index (χ0) is 17.6. The molecule has 1 atom stereocenters. The predicted molar refractivity (Wildman–Crippen MR) is 92.2 cm³/mol. The highest BCUT2D eigenvalue weighted by molar-refractivity contribution is 5.91. The standard InChI is InChI=1S/C18H19N3O4/c1-12(16-11-13-5-2-3-6-14(13)25-16)21-18(23)20-9-8-19-17(22)15-7-4-10-24-15/h2-7,10-12H,8-9H2,1H3,(H,19,22)(H2,20,21,23)/t12-/m0/s1.